The Balaban J connectivity index is 0.000000136. The summed E-state index contributed by atoms with van der Waals surface area (Å²) in [5, 5.41) is 28.5. The summed E-state index contributed by atoms with van der Waals surface area (Å²) in [7, 11) is 0. The van der Waals surface area contributed by atoms with Crippen molar-refractivity contribution < 1.29 is 42.4 Å². The van der Waals surface area contributed by atoms with Gasteiger partial charge in [0.15, 0.2) is 23.1 Å². The number of carboxylic acids is 2. The van der Waals surface area contributed by atoms with Crippen molar-refractivity contribution in [3.8, 4) is 11.5 Å². The molecule has 2 aromatic carbocycles. The van der Waals surface area contributed by atoms with Crippen molar-refractivity contribution in [2.75, 3.05) is 54.9 Å². The number of hydrogen-bond donors (Lipinski definition) is 5. The fraction of sp³-hybridized carbons (Fsp3) is 0.440. The van der Waals surface area contributed by atoms with Crippen molar-refractivity contribution in [1.29, 1.82) is 0 Å². The van der Waals surface area contributed by atoms with Crippen LogP contribution in [0.4, 0.5) is 30.5 Å². The molecular weight excluding hydrogens is 926 g/mol. The van der Waals surface area contributed by atoms with E-state index in [1.807, 2.05) is 17.9 Å². The van der Waals surface area contributed by atoms with E-state index in [2.05, 4.69) is 42.0 Å². The van der Waals surface area contributed by atoms with Crippen molar-refractivity contribution in [2.45, 2.75) is 89.4 Å². The third-order valence-electron chi connectivity index (χ3n) is 13.8. The van der Waals surface area contributed by atoms with Gasteiger partial charge in [0.25, 0.3) is 0 Å². The second kappa shape index (κ2) is 19.5. The highest BCUT2D eigenvalue weighted by molar-refractivity contribution is 5.97. The van der Waals surface area contributed by atoms with Gasteiger partial charge in [0.2, 0.25) is 16.7 Å². The average molecular weight is 979 g/mol. The Hall–Kier alpha value is -7.29. The van der Waals surface area contributed by atoms with Crippen molar-refractivity contribution in [3.63, 3.8) is 0 Å². The van der Waals surface area contributed by atoms with E-state index < -0.39 is 45.8 Å². The molecule has 6 aliphatic rings. The molecule has 4 aromatic heterocycles. The average Bonchev–Trinajstić information content (AvgIpc) is 4.24. The van der Waals surface area contributed by atoms with Crippen molar-refractivity contribution in [1.82, 2.24) is 34.4 Å². The molecule has 6 aromatic rings. The zero-order valence-corrected chi connectivity index (χ0v) is 39.1. The number of aromatic carboxylic acids is 2. The summed E-state index contributed by atoms with van der Waals surface area (Å²) in [6.45, 7) is 7.48. The molecule has 372 valence electrons. The maximum absolute atomic E-state index is 15.5. The van der Waals surface area contributed by atoms with E-state index in [1.165, 1.54) is 48.6 Å². The van der Waals surface area contributed by atoms with Crippen LogP contribution in [0.25, 0.3) is 21.8 Å². The Bertz CT molecular complexity index is 3190. The standard InChI is InChI=1S/C25H26FN5O4.C13H9F2NO4.C12H18N4/c1-13-11-35-24-21-17(23(32)18(25(33)34)10-31(13)21)8-19(26)22(24)30-5-4-14(9-30)6-16-7-20(28-12-27-16)29-15-2-3-15;1-5-4-20-12-9(15)8(14)2-6-10(12)16(5)3-7(11(6)17)13(18)19;1-2-10(1)16-12-6-11(14-8-15-12)5-9-3-4-13-7-9/h7-8,10,12-15H,2-6,9,11H2,1H3,(H,33,34)(H,27,28,29);2-3,5H,4H2,1H3,(H,18,19);6,8-10,13H,1-5,7H2,(H,14,15,16)/t13-,14+;5-;9-/m001/s1. The number of rotatable bonds is 11. The van der Waals surface area contributed by atoms with Crippen LogP contribution in [0.1, 0.15) is 96.6 Å². The maximum Gasteiger partial charge on any atom is 0.341 e. The fourth-order valence-electron chi connectivity index (χ4n) is 9.74. The number of aromatic nitrogens is 6. The number of anilines is 3. The highest BCUT2D eigenvalue weighted by Gasteiger charge is 2.34. The first-order valence-corrected chi connectivity index (χ1v) is 24.0. The van der Waals surface area contributed by atoms with Crippen LogP contribution >= 0.6 is 0 Å². The van der Waals surface area contributed by atoms with Gasteiger partial charge in [-0.15, -0.1) is 0 Å². The molecule has 0 amide bonds. The molecule has 2 saturated heterocycles. The molecule has 4 atom stereocenters. The second-order valence-corrected chi connectivity index (χ2v) is 19.3. The summed E-state index contributed by atoms with van der Waals surface area (Å²) in [6.07, 6.45) is 14.6. The van der Waals surface area contributed by atoms with E-state index in [9.17, 15) is 33.1 Å². The van der Waals surface area contributed by atoms with Crippen LogP contribution in [0.2, 0.25) is 0 Å². The van der Waals surface area contributed by atoms with Gasteiger partial charge in [-0.05, 0) is 102 Å². The van der Waals surface area contributed by atoms with Crippen LogP contribution in [0.3, 0.4) is 0 Å². The van der Waals surface area contributed by atoms with Gasteiger partial charge in [-0.25, -0.2) is 38.3 Å². The van der Waals surface area contributed by atoms with Crippen molar-refractivity contribution in [2.24, 2.45) is 11.8 Å². The Morgan fingerprint density at radius 1 is 0.704 bits per heavy atom. The van der Waals surface area contributed by atoms with Gasteiger partial charge in [0.1, 0.15) is 54.3 Å². The van der Waals surface area contributed by atoms with Crippen molar-refractivity contribution in [3.05, 3.63) is 110 Å². The first-order chi connectivity index (χ1) is 34.2. The van der Waals surface area contributed by atoms with E-state index in [4.69, 9.17) is 14.6 Å². The predicted molar refractivity (Wildman–Crippen MR) is 257 cm³/mol. The highest BCUT2D eigenvalue weighted by Crippen LogP contribution is 2.44. The molecule has 0 bridgehead atoms. The molecule has 12 rings (SSSR count). The summed E-state index contributed by atoms with van der Waals surface area (Å²) in [4.78, 5) is 66.9. The minimum Gasteiger partial charge on any atom is -0.487 e. The fourth-order valence-corrected chi connectivity index (χ4v) is 9.74. The summed E-state index contributed by atoms with van der Waals surface area (Å²) >= 11 is 0. The van der Waals surface area contributed by atoms with E-state index >= 15 is 4.39 Å². The van der Waals surface area contributed by atoms with Gasteiger partial charge in [0, 0.05) is 61.1 Å². The third-order valence-corrected chi connectivity index (χ3v) is 13.8. The van der Waals surface area contributed by atoms with Crippen LogP contribution in [0.5, 0.6) is 11.5 Å². The highest BCUT2D eigenvalue weighted by atomic mass is 19.2. The number of carbonyl (C=O) groups is 2. The summed E-state index contributed by atoms with van der Waals surface area (Å²) in [5.74, 6) is -2.90. The minimum absolute atomic E-state index is 0.0279. The van der Waals surface area contributed by atoms with Crippen LogP contribution in [-0.2, 0) is 12.8 Å². The first kappa shape index (κ1) is 47.4. The number of benzene rings is 2. The third kappa shape index (κ3) is 9.91. The molecule has 5 N–H and O–H groups in total. The molecule has 0 unspecified atom stereocenters. The zero-order valence-electron chi connectivity index (χ0n) is 39.1. The SMILES string of the molecule is C[C@H]1COc2c(F)c(F)cc3c(=O)c(C(=O)O)cn1c23.C[C@H]1COc2c(N3CC[C@H](Cc4cc(NC5CC5)ncn4)C3)c(F)cc3c(=O)c(C(=O)O)cn1c23.c1nc(C[C@H]2CCNC2)cc(NC2CC2)n1. The summed E-state index contributed by atoms with van der Waals surface area (Å²) in [6, 6.07) is 6.66. The van der Waals surface area contributed by atoms with Gasteiger partial charge in [-0.1, -0.05) is 0 Å². The molecule has 0 spiro atoms. The molecule has 18 nitrogen and oxygen atoms in total. The quantitative estimate of drug-likeness (QED) is 0.0952. The molecular formula is C50H53F3N10O8. The predicted octanol–water partition coefficient (Wildman–Crippen LogP) is 6.36. The Kier molecular flexibility index (Phi) is 13.0. The van der Waals surface area contributed by atoms with Gasteiger partial charge in [-0.3, -0.25) is 9.59 Å². The second-order valence-electron chi connectivity index (χ2n) is 19.3. The number of halogens is 3. The number of pyridine rings is 2. The monoisotopic (exact) mass is 978 g/mol. The molecule has 2 aliphatic carbocycles. The van der Waals surface area contributed by atoms with Crippen LogP contribution < -0.4 is 41.2 Å². The van der Waals surface area contributed by atoms with E-state index in [0.29, 0.717) is 48.2 Å². The number of nitrogens with zero attached hydrogens (tertiary/aromatic N) is 7. The van der Waals surface area contributed by atoms with E-state index in [-0.39, 0.29) is 58.8 Å². The molecule has 4 aliphatic heterocycles. The molecule has 2 saturated carbocycles. The molecule has 4 fully saturated rings. The lowest BCUT2D eigenvalue weighted by Crippen LogP contribution is -2.29. The maximum atomic E-state index is 15.5. The van der Waals surface area contributed by atoms with Crippen LogP contribution in [0, 0.1) is 29.3 Å². The summed E-state index contributed by atoms with van der Waals surface area (Å²) < 4.78 is 57.0. The lowest BCUT2D eigenvalue weighted by atomic mass is 10.0. The van der Waals surface area contributed by atoms with E-state index in [0.717, 1.165) is 67.9 Å². The number of nitrogens with one attached hydrogen (secondary N) is 3. The Morgan fingerprint density at radius 3 is 1.75 bits per heavy atom. The van der Waals surface area contributed by atoms with Gasteiger partial charge < -0.3 is 49.7 Å². The zero-order chi connectivity index (χ0) is 49.7. The lowest BCUT2D eigenvalue weighted by molar-refractivity contribution is 0.0683. The Labute approximate surface area is 404 Å². The van der Waals surface area contributed by atoms with Crippen LogP contribution in [-0.4, -0.2) is 103 Å². The number of hydrogen-bond acceptors (Lipinski definition) is 14. The van der Waals surface area contributed by atoms with Gasteiger partial charge in [0.05, 0.1) is 33.9 Å². The Morgan fingerprint density at radius 2 is 1.23 bits per heavy atom. The smallest absolute Gasteiger partial charge is 0.341 e. The van der Waals surface area contributed by atoms with Gasteiger partial charge in [-0.2, -0.15) is 4.39 Å². The van der Waals surface area contributed by atoms with Crippen molar-refractivity contribution >= 4 is 51.1 Å². The molecule has 0 radical (unpaired) electrons. The summed E-state index contributed by atoms with van der Waals surface area (Å²) in [5.41, 5.74) is 0.578. The van der Waals surface area contributed by atoms with Gasteiger partial charge >= 0.3 is 11.9 Å². The number of ether oxygens (including phenoxy) is 2. The molecule has 21 heteroatoms. The number of carboxylic acid groups (broad SMARTS) is 2. The van der Waals surface area contributed by atoms with E-state index in [1.54, 1.807) is 24.1 Å². The molecule has 8 heterocycles. The van der Waals surface area contributed by atoms with Crippen LogP contribution in [0.15, 0.2) is 58.9 Å². The first-order valence-electron chi connectivity index (χ1n) is 24.0. The lowest BCUT2D eigenvalue weighted by Gasteiger charge is -2.31. The normalized spacial score (nSPS) is 20.8. The molecule has 71 heavy (non-hydrogen) atoms. The largest absolute Gasteiger partial charge is 0.487 e. The minimum atomic E-state index is -1.41. The topological polar surface area (TPSA) is 228 Å².